The molecule has 134 valence electrons. The second-order valence-electron chi connectivity index (χ2n) is 6.23. The molecule has 0 atom stereocenters. The predicted molar refractivity (Wildman–Crippen MR) is 102 cm³/mol. The highest BCUT2D eigenvalue weighted by Gasteiger charge is 2.14. The number of hydrogen-bond acceptors (Lipinski definition) is 6. The maximum absolute atomic E-state index is 13.3. The van der Waals surface area contributed by atoms with E-state index in [0.717, 1.165) is 42.7 Å². The highest BCUT2D eigenvalue weighted by molar-refractivity contribution is 6.31. The van der Waals surface area contributed by atoms with Gasteiger partial charge in [0.05, 0.1) is 15.9 Å². The standard InChI is InChI=1S/C18H18ClFN6/c19-14-7-12(1-2-15(14)20)26-18-13-9-22-17(8-16(13)23-10-24-18)25-11-3-5-21-6-4-11/h1-2,7-11,21H,3-6H2,(H,22,25)(H,23,24,26). The number of aromatic nitrogens is 3. The van der Waals surface area contributed by atoms with Crippen LogP contribution in [-0.2, 0) is 0 Å². The minimum Gasteiger partial charge on any atom is -0.367 e. The molecule has 1 aromatic carbocycles. The SMILES string of the molecule is Fc1ccc(Nc2ncnc3cc(NC4CCNCC4)ncc23)cc1Cl. The molecule has 0 aliphatic carbocycles. The molecule has 6 nitrogen and oxygen atoms in total. The van der Waals surface area contributed by atoms with Crippen LogP contribution in [0.15, 0.2) is 36.8 Å². The highest BCUT2D eigenvalue weighted by atomic mass is 35.5. The number of nitrogens with one attached hydrogen (secondary N) is 3. The molecule has 0 spiro atoms. The molecule has 3 aromatic rings. The molecule has 0 amide bonds. The van der Waals surface area contributed by atoms with E-state index in [2.05, 4.69) is 30.9 Å². The molecule has 1 aliphatic heterocycles. The van der Waals surface area contributed by atoms with Gasteiger partial charge in [-0.1, -0.05) is 11.6 Å². The normalized spacial score (nSPS) is 15.2. The molecule has 3 N–H and O–H groups in total. The van der Waals surface area contributed by atoms with Crippen LogP contribution in [0.3, 0.4) is 0 Å². The molecule has 8 heteroatoms. The van der Waals surface area contributed by atoms with Crippen molar-refractivity contribution in [3.05, 3.63) is 47.6 Å². The van der Waals surface area contributed by atoms with Crippen LogP contribution in [0.1, 0.15) is 12.8 Å². The number of nitrogens with zero attached hydrogens (tertiary/aromatic N) is 3. The third-order valence-electron chi connectivity index (χ3n) is 4.39. The van der Waals surface area contributed by atoms with E-state index in [4.69, 9.17) is 11.6 Å². The Morgan fingerprint density at radius 1 is 1.12 bits per heavy atom. The number of benzene rings is 1. The summed E-state index contributed by atoms with van der Waals surface area (Å²) in [4.78, 5) is 13.1. The van der Waals surface area contributed by atoms with Crippen molar-refractivity contribution in [2.45, 2.75) is 18.9 Å². The smallest absolute Gasteiger partial charge is 0.143 e. The van der Waals surface area contributed by atoms with Crippen molar-refractivity contribution in [3.8, 4) is 0 Å². The fourth-order valence-corrected chi connectivity index (χ4v) is 3.20. The fourth-order valence-electron chi connectivity index (χ4n) is 3.02. The Bertz CT molecular complexity index is 929. The van der Waals surface area contributed by atoms with Crippen molar-refractivity contribution in [3.63, 3.8) is 0 Å². The first-order chi connectivity index (χ1) is 12.7. The summed E-state index contributed by atoms with van der Waals surface area (Å²) in [6, 6.07) is 6.78. The van der Waals surface area contributed by atoms with E-state index in [1.54, 1.807) is 12.3 Å². The maximum atomic E-state index is 13.3. The van der Waals surface area contributed by atoms with Gasteiger partial charge in [-0.2, -0.15) is 0 Å². The van der Waals surface area contributed by atoms with Gasteiger partial charge in [0, 0.05) is 24.0 Å². The van der Waals surface area contributed by atoms with Crippen molar-refractivity contribution in [1.29, 1.82) is 0 Å². The lowest BCUT2D eigenvalue weighted by Crippen LogP contribution is -2.35. The summed E-state index contributed by atoms with van der Waals surface area (Å²) >= 11 is 5.84. The van der Waals surface area contributed by atoms with Gasteiger partial charge in [0.25, 0.3) is 0 Å². The topological polar surface area (TPSA) is 74.8 Å². The van der Waals surface area contributed by atoms with Gasteiger partial charge in [-0.05, 0) is 44.1 Å². The van der Waals surface area contributed by atoms with Gasteiger partial charge >= 0.3 is 0 Å². The molecule has 26 heavy (non-hydrogen) atoms. The molecule has 3 heterocycles. The number of pyridine rings is 1. The average Bonchev–Trinajstić information content (AvgIpc) is 2.66. The van der Waals surface area contributed by atoms with E-state index in [9.17, 15) is 4.39 Å². The van der Waals surface area contributed by atoms with E-state index >= 15 is 0 Å². The summed E-state index contributed by atoms with van der Waals surface area (Å²) in [5, 5.41) is 10.8. The van der Waals surface area contributed by atoms with Crippen molar-refractivity contribution < 1.29 is 4.39 Å². The van der Waals surface area contributed by atoms with Crippen molar-refractivity contribution in [2.75, 3.05) is 23.7 Å². The number of anilines is 3. The van der Waals surface area contributed by atoms with Gasteiger partial charge in [-0.25, -0.2) is 19.3 Å². The van der Waals surface area contributed by atoms with Crippen LogP contribution in [0.2, 0.25) is 5.02 Å². The van der Waals surface area contributed by atoms with Crippen LogP contribution in [0.25, 0.3) is 10.9 Å². The lowest BCUT2D eigenvalue weighted by Gasteiger charge is -2.24. The summed E-state index contributed by atoms with van der Waals surface area (Å²) in [6.45, 7) is 2.03. The number of piperidine rings is 1. The monoisotopic (exact) mass is 372 g/mol. The fraction of sp³-hybridized carbons (Fsp3) is 0.278. The molecule has 0 unspecified atom stereocenters. The Balaban J connectivity index is 1.58. The van der Waals surface area contributed by atoms with Gasteiger partial charge in [0.1, 0.15) is 23.8 Å². The number of fused-ring (bicyclic) bond motifs is 1. The predicted octanol–water partition coefficient (Wildman–Crippen LogP) is 3.72. The van der Waals surface area contributed by atoms with Gasteiger partial charge in [-0.3, -0.25) is 0 Å². The Kier molecular flexibility index (Phi) is 4.81. The lowest BCUT2D eigenvalue weighted by molar-refractivity contribution is 0.478. The van der Waals surface area contributed by atoms with E-state index in [-0.39, 0.29) is 5.02 Å². The van der Waals surface area contributed by atoms with Crippen molar-refractivity contribution in [2.24, 2.45) is 0 Å². The lowest BCUT2D eigenvalue weighted by atomic mass is 10.1. The van der Waals surface area contributed by atoms with Gasteiger partial charge in [0.15, 0.2) is 0 Å². The number of halogens is 2. The molecular weight excluding hydrogens is 355 g/mol. The van der Waals surface area contributed by atoms with Crippen LogP contribution >= 0.6 is 11.6 Å². The number of hydrogen-bond donors (Lipinski definition) is 3. The molecule has 0 radical (unpaired) electrons. The van der Waals surface area contributed by atoms with Gasteiger partial charge < -0.3 is 16.0 Å². The second kappa shape index (κ2) is 7.39. The third-order valence-corrected chi connectivity index (χ3v) is 4.68. The van der Waals surface area contributed by atoms with Crippen LogP contribution in [0.4, 0.5) is 21.7 Å². The minimum atomic E-state index is -0.458. The van der Waals surface area contributed by atoms with Crippen molar-refractivity contribution >= 4 is 39.8 Å². The van der Waals surface area contributed by atoms with Crippen LogP contribution < -0.4 is 16.0 Å². The van der Waals surface area contributed by atoms with Crippen molar-refractivity contribution in [1.82, 2.24) is 20.3 Å². The van der Waals surface area contributed by atoms with Gasteiger partial charge in [-0.15, -0.1) is 0 Å². The van der Waals surface area contributed by atoms with Crippen LogP contribution in [0, 0.1) is 5.82 Å². The van der Waals surface area contributed by atoms with Crippen LogP contribution in [-0.4, -0.2) is 34.1 Å². The maximum Gasteiger partial charge on any atom is 0.143 e. The van der Waals surface area contributed by atoms with Gasteiger partial charge in [0.2, 0.25) is 0 Å². The number of rotatable bonds is 4. The summed E-state index contributed by atoms with van der Waals surface area (Å²) in [5.74, 6) is 0.942. The Morgan fingerprint density at radius 3 is 2.77 bits per heavy atom. The second-order valence-corrected chi connectivity index (χ2v) is 6.64. The highest BCUT2D eigenvalue weighted by Crippen LogP contribution is 2.26. The zero-order chi connectivity index (χ0) is 17.9. The largest absolute Gasteiger partial charge is 0.367 e. The molecule has 1 fully saturated rings. The molecule has 1 saturated heterocycles. The summed E-state index contributed by atoms with van der Waals surface area (Å²) < 4.78 is 13.3. The molecule has 4 rings (SSSR count). The third kappa shape index (κ3) is 3.68. The Morgan fingerprint density at radius 2 is 1.96 bits per heavy atom. The molecular formula is C18H18ClFN6. The summed E-state index contributed by atoms with van der Waals surface area (Å²) in [7, 11) is 0. The minimum absolute atomic E-state index is 0.0555. The molecule has 0 bridgehead atoms. The zero-order valence-corrected chi connectivity index (χ0v) is 14.7. The summed E-state index contributed by atoms with van der Waals surface area (Å²) in [5.41, 5.74) is 1.43. The Labute approximate surface area is 155 Å². The molecule has 0 saturated carbocycles. The first kappa shape index (κ1) is 16.9. The average molecular weight is 373 g/mol. The molecule has 1 aliphatic rings. The van der Waals surface area contributed by atoms with Crippen LogP contribution in [0.5, 0.6) is 0 Å². The first-order valence-corrected chi connectivity index (χ1v) is 8.87. The summed E-state index contributed by atoms with van der Waals surface area (Å²) in [6.07, 6.45) is 5.37. The zero-order valence-electron chi connectivity index (χ0n) is 14.0. The first-order valence-electron chi connectivity index (χ1n) is 8.49. The van der Waals surface area contributed by atoms with E-state index in [1.165, 1.54) is 18.5 Å². The van der Waals surface area contributed by atoms with E-state index in [0.29, 0.717) is 17.5 Å². The Hall–Kier alpha value is -2.51. The van der Waals surface area contributed by atoms with E-state index < -0.39 is 5.82 Å². The van der Waals surface area contributed by atoms with E-state index in [1.807, 2.05) is 6.07 Å². The quantitative estimate of drug-likeness (QED) is 0.648. The molecule has 2 aromatic heterocycles.